The highest BCUT2D eigenvalue weighted by Crippen LogP contribution is 2.26. The van der Waals surface area contributed by atoms with E-state index >= 15 is 0 Å². The number of amides is 2. The third-order valence-corrected chi connectivity index (χ3v) is 6.19. The molecule has 0 atom stereocenters. The Morgan fingerprint density at radius 1 is 0.805 bits per heavy atom. The summed E-state index contributed by atoms with van der Waals surface area (Å²) in [7, 11) is 3.52. The molecule has 9 heteroatoms. The van der Waals surface area contributed by atoms with E-state index in [1.54, 1.807) is 43.3 Å². The molecular formula is C32H31N3O6. The fourth-order valence-electron chi connectivity index (χ4n) is 4.07. The van der Waals surface area contributed by atoms with E-state index in [1.807, 2.05) is 54.6 Å². The van der Waals surface area contributed by atoms with Gasteiger partial charge >= 0.3 is 5.97 Å². The molecule has 0 aromatic heterocycles. The number of aromatic carboxylic acids is 1. The van der Waals surface area contributed by atoms with Crippen molar-refractivity contribution in [2.45, 2.75) is 13.1 Å². The maximum atomic E-state index is 13.0. The molecule has 2 amide bonds. The number of carbonyl (C=O) groups excluding carboxylic acids is 2. The fraction of sp³-hybridized carbons (Fsp3) is 0.156. The van der Waals surface area contributed by atoms with Crippen LogP contribution in [0.5, 0.6) is 17.2 Å². The average molecular weight is 554 g/mol. The van der Waals surface area contributed by atoms with Crippen molar-refractivity contribution in [3.63, 3.8) is 0 Å². The van der Waals surface area contributed by atoms with Crippen molar-refractivity contribution in [3.8, 4) is 17.2 Å². The molecule has 0 aliphatic heterocycles. The first-order valence-electron chi connectivity index (χ1n) is 12.9. The quantitative estimate of drug-likeness (QED) is 0.242. The van der Waals surface area contributed by atoms with E-state index < -0.39 is 5.97 Å². The van der Waals surface area contributed by atoms with E-state index in [2.05, 4.69) is 5.32 Å². The highest BCUT2D eigenvalue weighted by atomic mass is 16.5. The van der Waals surface area contributed by atoms with E-state index in [0.717, 1.165) is 16.9 Å². The molecule has 9 nitrogen and oxygen atoms in total. The summed E-state index contributed by atoms with van der Waals surface area (Å²) in [6.07, 6.45) is 0. The Morgan fingerprint density at radius 3 is 2.07 bits per heavy atom. The molecular weight excluding hydrogens is 522 g/mol. The molecule has 0 bridgehead atoms. The molecule has 210 valence electrons. The molecule has 0 saturated heterocycles. The second-order valence-electron chi connectivity index (χ2n) is 9.66. The minimum atomic E-state index is -1.30. The maximum Gasteiger partial charge on any atom is 0.339 e. The molecule has 0 saturated carbocycles. The first kappa shape index (κ1) is 28.8. The topological polar surface area (TPSA) is 119 Å². The van der Waals surface area contributed by atoms with Crippen LogP contribution in [0.25, 0.3) is 0 Å². The molecule has 0 radical (unpaired) electrons. The van der Waals surface area contributed by atoms with Crippen LogP contribution in [0.15, 0.2) is 97.1 Å². The Balaban J connectivity index is 1.40. The molecule has 0 fully saturated rings. The van der Waals surface area contributed by atoms with Crippen molar-refractivity contribution in [2.24, 2.45) is 0 Å². The van der Waals surface area contributed by atoms with Crippen LogP contribution in [0, 0.1) is 0 Å². The molecule has 0 heterocycles. The number of nitrogens with zero attached hydrogens (tertiary/aromatic N) is 2. The van der Waals surface area contributed by atoms with Gasteiger partial charge < -0.3 is 30.1 Å². The van der Waals surface area contributed by atoms with Crippen LogP contribution < -0.4 is 15.0 Å². The Labute approximate surface area is 238 Å². The van der Waals surface area contributed by atoms with Gasteiger partial charge in [0.15, 0.2) is 0 Å². The summed E-state index contributed by atoms with van der Waals surface area (Å²) in [6, 6.07) is 27.8. The zero-order valence-corrected chi connectivity index (χ0v) is 22.8. The number of benzene rings is 4. The third-order valence-electron chi connectivity index (χ3n) is 6.19. The number of carboxylic acids is 1. The molecule has 3 N–H and O–H groups in total. The summed E-state index contributed by atoms with van der Waals surface area (Å²) >= 11 is 0. The first-order valence-corrected chi connectivity index (χ1v) is 12.9. The zero-order valence-electron chi connectivity index (χ0n) is 22.8. The van der Waals surface area contributed by atoms with Gasteiger partial charge in [0.05, 0.1) is 13.1 Å². The molecule has 4 aromatic carbocycles. The minimum absolute atomic E-state index is 0.100. The number of anilines is 1. The molecule has 0 spiro atoms. The molecule has 4 aromatic rings. The Bertz CT molecular complexity index is 1500. The summed E-state index contributed by atoms with van der Waals surface area (Å²) < 4.78 is 5.80. The van der Waals surface area contributed by atoms with Gasteiger partial charge in [-0.25, -0.2) is 4.79 Å². The van der Waals surface area contributed by atoms with Crippen LogP contribution in [0.4, 0.5) is 5.69 Å². The Hall–Kier alpha value is -5.15. The summed E-state index contributed by atoms with van der Waals surface area (Å²) in [5.41, 5.74) is 2.17. The zero-order chi connectivity index (χ0) is 29.4. The van der Waals surface area contributed by atoms with Crippen LogP contribution in [-0.4, -0.2) is 53.5 Å². The van der Waals surface area contributed by atoms with Crippen LogP contribution in [-0.2, 0) is 17.9 Å². The number of hydrogen-bond acceptors (Lipinski definition) is 6. The van der Waals surface area contributed by atoms with Crippen LogP contribution in [0.2, 0.25) is 0 Å². The summed E-state index contributed by atoms with van der Waals surface area (Å²) in [4.78, 5) is 40.5. The third kappa shape index (κ3) is 7.93. The van der Waals surface area contributed by atoms with Crippen molar-refractivity contribution < 1.29 is 29.3 Å². The van der Waals surface area contributed by atoms with E-state index in [1.165, 1.54) is 23.1 Å². The molecule has 0 aliphatic rings. The Morgan fingerprint density at radius 2 is 1.44 bits per heavy atom. The molecule has 4 rings (SSSR count). The lowest BCUT2D eigenvalue weighted by Crippen LogP contribution is -2.37. The number of phenols is 1. The maximum absolute atomic E-state index is 13.0. The first-order chi connectivity index (χ1) is 19.7. The number of carbonyl (C=O) groups is 3. The summed E-state index contributed by atoms with van der Waals surface area (Å²) in [6.45, 7) is 0.588. The van der Waals surface area contributed by atoms with E-state index in [0.29, 0.717) is 23.5 Å². The van der Waals surface area contributed by atoms with E-state index in [-0.39, 0.29) is 36.2 Å². The van der Waals surface area contributed by atoms with Crippen molar-refractivity contribution in [1.29, 1.82) is 0 Å². The summed E-state index contributed by atoms with van der Waals surface area (Å²) in [5, 5.41) is 22.2. The smallest absolute Gasteiger partial charge is 0.339 e. The van der Waals surface area contributed by atoms with Gasteiger partial charge in [-0.1, -0.05) is 42.5 Å². The second kappa shape index (κ2) is 13.3. The van der Waals surface area contributed by atoms with Crippen LogP contribution >= 0.6 is 0 Å². The molecule has 0 unspecified atom stereocenters. The lowest BCUT2D eigenvalue weighted by atomic mass is 10.1. The molecule has 0 aliphatic carbocycles. The van der Waals surface area contributed by atoms with Crippen molar-refractivity contribution in [3.05, 3.63) is 119 Å². The fourth-order valence-corrected chi connectivity index (χ4v) is 4.07. The number of rotatable bonds is 11. The number of carboxylic acid groups (broad SMARTS) is 1. The van der Waals surface area contributed by atoms with Gasteiger partial charge in [-0.15, -0.1) is 0 Å². The summed E-state index contributed by atoms with van der Waals surface area (Å²) in [5.74, 6) is -0.726. The van der Waals surface area contributed by atoms with Crippen molar-refractivity contribution in [1.82, 2.24) is 10.2 Å². The van der Waals surface area contributed by atoms with Gasteiger partial charge in [-0.2, -0.15) is 0 Å². The highest BCUT2D eigenvalue weighted by molar-refractivity contribution is 5.98. The van der Waals surface area contributed by atoms with Gasteiger partial charge in [0, 0.05) is 17.8 Å². The van der Waals surface area contributed by atoms with E-state index in [4.69, 9.17) is 4.74 Å². The lowest BCUT2D eigenvalue weighted by Gasteiger charge is -2.25. The number of para-hydroxylation sites is 1. The number of likely N-dealkylation sites (N-methyl/N-ethyl adjacent to an activating group) is 1. The normalized spacial score (nSPS) is 10.7. The number of hydrogen-bond donors (Lipinski definition) is 3. The second-order valence-corrected chi connectivity index (χ2v) is 9.66. The lowest BCUT2D eigenvalue weighted by molar-refractivity contribution is -0.119. The number of ether oxygens (including phenoxy) is 1. The van der Waals surface area contributed by atoms with Crippen molar-refractivity contribution >= 4 is 23.5 Å². The van der Waals surface area contributed by atoms with Crippen LogP contribution in [0.3, 0.4) is 0 Å². The SMILES string of the molecule is CN(C)CC(=O)N(Cc1ccc(C(=O)NCc2ccc(Oc3ccccc3)cc2)cc1)c1ccc(O)c(C(=O)O)c1. The monoisotopic (exact) mass is 553 g/mol. The number of aromatic hydroxyl groups is 1. The predicted molar refractivity (Wildman–Crippen MR) is 155 cm³/mol. The largest absolute Gasteiger partial charge is 0.507 e. The Kier molecular flexibility index (Phi) is 9.34. The van der Waals surface area contributed by atoms with Gasteiger partial charge in [0.1, 0.15) is 22.8 Å². The highest BCUT2D eigenvalue weighted by Gasteiger charge is 2.20. The van der Waals surface area contributed by atoms with Crippen molar-refractivity contribution in [2.75, 3.05) is 25.5 Å². The van der Waals surface area contributed by atoms with Gasteiger partial charge in [0.25, 0.3) is 5.91 Å². The van der Waals surface area contributed by atoms with Gasteiger partial charge in [-0.05, 0) is 79.8 Å². The van der Waals surface area contributed by atoms with Gasteiger partial charge in [0.2, 0.25) is 5.91 Å². The predicted octanol–water partition coefficient (Wildman–Crippen LogP) is 4.91. The van der Waals surface area contributed by atoms with Crippen LogP contribution in [0.1, 0.15) is 31.8 Å². The van der Waals surface area contributed by atoms with Gasteiger partial charge in [-0.3, -0.25) is 9.59 Å². The van der Waals surface area contributed by atoms with E-state index in [9.17, 15) is 24.6 Å². The average Bonchev–Trinajstić information content (AvgIpc) is 2.96. The minimum Gasteiger partial charge on any atom is -0.507 e. The molecule has 41 heavy (non-hydrogen) atoms. The standard InChI is InChI=1S/C32H31N3O6/c1-34(2)21-30(37)35(25-14-17-29(36)28(18-25)32(39)40)20-23-8-12-24(13-9-23)31(38)33-19-22-10-15-27(16-11-22)41-26-6-4-3-5-7-26/h3-18,36H,19-21H2,1-2H3,(H,33,38)(H,39,40). The number of nitrogens with one attached hydrogen (secondary N) is 1.